The Bertz CT molecular complexity index is 680. The molecule has 0 spiro atoms. The summed E-state index contributed by atoms with van der Waals surface area (Å²) in [6, 6.07) is 7.83. The Morgan fingerprint density at radius 3 is 2.71 bits per heavy atom. The number of nitrogens with zero attached hydrogens (tertiary/aromatic N) is 1. The summed E-state index contributed by atoms with van der Waals surface area (Å²) in [5.41, 5.74) is 4.93. The summed E-state index contributed by atoms with van der Waals surface area (Å²) in [7, 11) is 0. The summed E-state index contributed by atoms with van der Waals surface area (Å²) < 4.78 is 0. The van der Waals surface area contributed by atoms with Crippen LogP contribution in [0.3, 0.4) is 0 Å². The van der Waals surface area contributed by atoms with E-state index in [1.54, 1.807) is 12.4 Å². The SMILES string of the molecule is N=Cc1cc2c(cc1Nc1ccncc1)CCCC(=O)C2. The van der Waals surface area contributed by atoms with Crippen molar-refractivity contribution in [1.29, 1.82) is 5.41 Å². The van der Waals surface area contributed by atoms with E-state index >= 15 is 0 Å². The van der Waals surface area contributed by atoms with Gasteiger partial charge in [-0.25, -0.2) is 0 Å². The average molecular weight is 279 g/mol. The molecule has 2 aromatic rings. The first-order valence-electron chi connectivity index (χ1n) is 7.11. The molecule has 0 bridgehead atoms. The molecule has 4 nitrogen and oxygen atoms in total. The number of Topliss-reactive ketones (excluding diaryl/α,β-unsaturated/α-hetero) is 1. The van der Waals surface area contributed by atoms with Gasteiger partial charge in [-0.2, -0.15) is 0 Å². The summed E-state index contributed by atoms with van der Waals surface area (Å²) in [4.78, 5) is 15.7. The molecule has 0 fully saturated rings. The van der Waals surface area contributed by atoms with Crippen molar-refractivity contribution in [1.82, 2.24) is 4.98 Å². The smallest absolute Gasteiger partial charge is 0.137 e. The molecule has 1 aromatic carbocycles. The Morgan fingerprint density at radius 1 is 1.14 bits per heavy atom. The highest BCUT2D eigenvalue weighted by atomic mass is 16.1. The van der Waals surface area contributed by atoms with E-state index in [-0.39, 0.29) is 0 Å². The largest absolute Gasteiger partial charge is 0.355 e. The van der Waals surface area contributed by atoms with Gasteiger partial charge in [0.1, 0.15) is 5.78 Å². The standard InChI is InChI=1S/C17H17N3O/c18-11-14-8-13-9-16(21)3-1-2-12(13)10-17(14)20-15-4-6-19-7-5-15/h4-8,10-11,18H,1-3,9H2,(H,19,20). The zero-order chi connectivity index (χ0) is 14.7. The number of ketones is 1. The van der Waals surface area contributed by atoms with Crippen molar-refractivity contribution in [3.05, 3.63) is 53.3 Å². The van der Waals surface area contributed by atoms with Crippen LogP contribution < -0.4 is 5.32 Å². The van der Waals surface area contributed by atoms with Gasteiger partial charge in [-0.15, -0.1) is 0 Å². The highest BCUT2D eigenvalue weighted by Crippen LogP contribution is 2.27. The van der Waals surface area contributed by atoms with Crippen LogP contribution in [0.4, 0.5) is 11.4 Å². The zero-order valence-corrected chi connectivity index (χ0v) is 11.7. The lowest BCUT2D eigenvalue weighted by atomic mass is 9.98. The minimum atomic E-state index is 0.291. The van der Waals surface area contributed by atoms with E-state index in [2.05, 4.69) is 16.4 Å². The van der Waals surface area contributed by atoms with Crippen LogP contribution in [0.1, 0.15) is 29.5 Å². The first kappa shape index (κ1) is 13.5. The number of fused-ring (bicyclic) bond motifs is 1. The van der Waals surface area contributed by atoms with Gasteiger partial charge >= 0.3 is 0 Å². The monoisotopic (exact) mass is 279 g/mol. The third kappa shape index (κ3) is 2.99. The third-order valence-electron chi connectivity index (χ3n) is 3.78. The number of rotatable bonds is 3. The van der Waals surface area contributed by atoms with Gasteiger partial charge in [-0.1, -0.05) is 0 Å². The molecule has 0 unspecified atom stereocenters. The van der Waals surface area contributed by atoms with Crippen molar-refractivity contribution in [3.63, 3.8) is 0 Å². The average Bonchev–Trinajstić information content (AvgIpc) is 2.68. The van der Waals surface area contributed by atoms with E-state index in [1.165, 1.54) is 11.8 Å². The lowest BCUT2D eigenvalue weighted by molar-refractivity contribution is -0.118. The number of nitrogens with one attached hydrogen (secondary N) is 2. The molecular formula is C17H17N3O. The first-order chi connectivity index (χ1) is 10.3. The van der Waals surface area contributed by atoms with Crippen molar-refractivity contribution >= 4 is 23.4 Å². The lowest BCUT2D eigenvalue weighted by Crippen LogP contribution is -2.03. The van der Waals surface area contributed by atoms with E-state index in [0.29, 0.717) is 18.6 Å². The molecule has 1 heterocycles. The van der Waals surface area contributed by atoms with Crippen molar-refractivity contribution in [3.8, 4) is 0 Å². The number of hydrogen-bond acceptors (Lipinski definition) is 4. The Balaban J connectivity index is 1.99. The minimum Gasteiger partial charge on any atom is -0.355 e. The molecule has 0 saturated heterocycles. The molecule has 21 heavy (non-hydrogen) atoms. The maximum atomic E-state index is 11.7. The van der Waals surface area contributed by atoms with Crippen LogP contribution in [0.5, 0.6) is 0 Å². The molecule has 2 N–H and O–H groups in total. The van der Waals surface area contributed by atoms with E-state index in [1.807, 2.05) is 18.2 Å². The molecule has 0 atom stereocenters. The number of benzene rings is 1. The topological polar surface area (TPSA) is 65.8 Å². The number of carbonyl (C=O) groups is 1. The fourth-order valence-corrected chi connectivity index (χ4v) is 2.70. The maximum absolute atomic E-state index is 11.7. The predicted molar refractivity (Wildman–Crippen MR) is 83.5 cm³/mol. The van der Waals surface area contributed by atoms with E-state index in [0.717, 1.165) is 35.3 Å². The summed E-state index contributed by atoms with van der Waals surface area (Å²) in [5.74, 6) is 0.291. The third-order valence-corrected chi connectivity index (χ3v) is 3.78. The highest BCUT2D eigenvalue weighted by molar-refractivity contribution is 5.89. The number of carbonyl (C=O) groups excluding carboxylic acids is 1. The number of aryl methyl sites for hydroxylation is 1. The molecule has 0 saturated carbocycles. The number of pyridine rings is 1. The summed E-state index contributed by atoms with van der Waals surface area (Å²) in [5, 5.41) is 10.9. The van der Waals surface area contributed by atoms with Gasteiger partial charge in [0.15, 0.2) is 0 Å². The first-order valence-corrected chi connectivity index (χ1v) is 7.11. The van der Waals surface area contributed by atoms with Crippen LogP contribution in [0.2, 0.25) is 0 Å². The second-order valence-corrected chi connectivity index (χ2v) is 5.28. The van der Waals surface area contributed by atoms with Gasteiger partial charge in [-0.05, 0) is 48.2 Å². The van der Waals surface area contributed by atoms with Crippen LogP contribution in [0, 0.1) is 5.41 Å². The molecule has 0 amide bonds. The van der Waals surface area contributed by atoms with E-state index in [9.17, 15) is 4.79 Å². The van der Waals surface area contributed by atoms with Gasteiger partial charge in [0, 0.05) is 48.4 Å². The van der Waals surface area contributed by atoms with E-state index < -0.39 is 0 Å². The summed E-state index contributed by atoms with van der Waals surface area (Å²) in [6.07, 6.45) is 7.77. The molecule has 3 rings (SSSR count). The quantitative estimate of drug-likeness (QED) is 0.669. The van der Waals surface area contributed by atoms with Crippen LogP contribution in [-0.2, 0) is 17.6 Å². The van der Waals surface area contributed by atoms with Gasteiger partial charge in [0.25, 0.3) is 0 Å². The second kappa shape index (κ2) is 5.87. The minimum absolute atomic E-state index is 0.291. The Morgan fingerprint density at radius 2 is 1.95 bits per heavy atom. The Hall–Kier alpha value is -2.49. The lowest BCUT2D eigenvalue weighted by Gasteiger charge is -2.14. The molecule has 1 aliphatic carbocycles. The number of hydrogen-bond donors (Lipinski definition) is 2. The van der Waals surface area contributed by atoms with Crippen molar-refractivity contribution in [2.75, 3.05) is 5.32 Å². The highest BCUT2D eigenvalue weighted by Gasteiger charge is 2.16. The molecule has 1 aliphatic rings. The predicted octanol–water partition coefficient (Wildman–Crippen LogP) is 3.27. The van der Waals surface area contributed by atoms with Crippen LogP contribution in [-0.4, -0.2) is 17.0 Å². The molecule has 4 heteroatoms. The molecule has 0 aliphatic heterocycles. The van der Waals surface area contributed by atoms with Crippen molar-refractivity contribution in [2.45, 2.75) is 25.7 Å². The maximum Gasteiger partial charge on any atom is 0.137 e. The van der Waals surface area contributed by atoms with E-state index in [4.69, 9.17) is 5.41 Å². The Labute approximate surface area is 123 Å². The zero-order valence-electron chi connectivity index (χ0n) is 11.7. The van der Waals surface area contributed by atoms with Gasteiger partial charge in [0.2, 0.25) is 0 Å². The molecular weight excluding hydrogens is 262 g/mol. The van der Waals surface area contributed by atoms with Crippen molar-refractivity contribution in [2.24, 2.45) is 0 Å². The van der Waals surface area contributed by atoms with Crippen LogP contribution >= 0.6 is 0 Å². The molecule has 1 aromatic heterocycles. The normalized spacial score (nSPS) is 14.2. The summed E-state index contributed by atoms with van der Waals surface area (Å²) in [6.45, 7) is 0. The number of aromatic nitrogens is 1. The second-order valence-electron chi connectivity index (χ2n) is 5.28. The molecule has 0 radical (unpaired) electrons. The van der Waals surface area contributed by atoms with Gasteiger partial charge < -0.3 is 10.7 Å². The molecule has 106 valence electrons. The van der Waals surface area contributed by atoms with Gasteiger partial charge in [-0.3, -0.25) is 9.78 Å². The fraction of sp³-hybridized carbons (Fsp3) is 0.235. The van der Waals surface area contributed by atoms with Crippen LogP contribution in [0.15, 0.2) is 36.7 Å². The van der Waals surface area contributed by atoms with Crippen molar-refractivity contribution < 1.29 is 4.79 Å². The van der Waals surface area contributed by atoms with Crippen LogP contribution in [0.25, 0.3) is 0 Å². The fourth-order valence-electron chi connectivity index (χ4n) is 2.70. The number of anilines is 2. The summed E-state index contributed by atoms with van der Waals surface area (Å²) >= 11 is 0. The Kier molecular flexibility index (Phi) is 3.77. The van der Waals surface area contributed by atoms with Gasteiger partial charge in [0.05, 0.1) is 0 Å².